The molecule has 8 nitrogen and oxygen atoms in total. The number of carboxylic acid groups (broad SMARTS) is 1. The number of carbonyl (C=O) groups is 1. The molecule has 0 spiro atoms. The zero-order valence-electron chi connectivity index (χ0n) is 19.7. The van der Waals surface area contributed by atoms with Gasteiger partial charge in [0.05, 0.1) is 29.2 Å². The molecular weight excluding hydrogens is 454 g/mol. The molecule has 1 aromatic carbocycles. The van der Waals surface area contributed by atoms with E-state index in [1.807, 2.05) is 36.1 Å². The Labute approximate surface area is 201 Å². The van der Waals surface area contributed by atoms with Gasteiger partial charge >= 0.3 is 5.97 Å². The third-order valence-corrected chi connectivity index (χ3v) is 6.86. The summed E-state index contributed by atoms with van der Waals surface area (Å²) in [7, 11) is 1.60. The third-order valence-electron chi connectivity index (χ3n) is 5.93. The monoisotopic (exact) mass is 482 g/mol. The zero-order chi connectivity index (χ0) is 24.8. The number of anilines is 2. The minimum atomic E-state index is -1.15. The van der Waals surface area contributed by atoms with Crippen LogP contribution < -0.4 is 26.0 Å². The van der Waals surface area contributed by atoms with E-state index in [9.17, 15) is 19.8 Å². The first-order valence-corrected chi connectivity index (χ1v) is 11.8. The maximum atomic E-state index is 13.3. The molecule has 0 radical (unpaired) electrons. The summed E-state index contributed by atoms with van der Waals surface area (Å²) in [5, 5.41) is 22.7. The van der Waals surface area contributed by atoms with Crippen molar-refractivity contribution in [3.8, 4) is 27.3 Å². The van der Waals surface area contributed by atoms with Crippen molar-refractivity contribution in [1.82, 2.24) is 4.57 Å². The van der Waals surface area contributed by atoms with Crippen LogP contribution in [0.15, 0.2) is 35.1 Å². The number of aromatic nitrogens is 1. The molecule has 0 bridgehead atoms. The molecule has 34 heavy (non-hydrogen) atoms. The number of ether oxygens (including phenoxy) is 1. The summed E-state index contributed by atoms with van der Waals surface area (Å²) in [5.41, 5.74) is 8.33. The van der Waals surface area contributed by atoms with Crippen LogP contribution in [0.5, 0.6) is 5.75 Å². The molecule has 4 rings (SSSR count). The van der Waals surface area contributed by atoms with Gasteiger partial charge < -0.3 is 30.2 Å². The van der Waals surface area contributed by atoms with Gasteiger partial charge in [-0.3, -0.25) is 9.59 Å². The predicted octanol–water partition coefficient (Wildman–Crippen LogP) is 2.64. The molecule has 0 atom stereocenters. The lowest BCUT2D eigenvalue weighted by Crippen LogP contribution is -2.50. The molecule has 3 aromatic rings. The van der Waals surface area contributed by atoms with Gasteiger partial charge in [0.15, 0.2) is 0 Å². The van der Waals surface area contributed by atoms with E-state index in [2.05, 4.69) is 0 Å². The van der Waals surface area contributed by atoms with Crippen LogP contribution in [0, 0.1) is 6.92 Å². The predicted molar refractivity (Wildman–Crippen MR) is 133 cm³/mol. The summed E-state index contributed by atoms with van der Waals surface area (Å²) in [6.45, 7) is 6.49. The van der Waals surface area contributed by atoms with E-state index in [0.717, 1.165) is 16.1 Å². The zero-order valence-corrected chi connectivity index (χ0v) is 20.5. The van der Waals surface area contributed by atoms with Crippen molar-refractivity contribution >= 4 is 28.0 Å². The molecule has 180 valence electrons. The quantitative estimate of drug-likeness (QED) is 0.554. The smallest absolute Gasteiger partial charge is 0.309 e. The first kappa shape index (κ1) is 23.8. The maximum absolute atomic E-state index is 13.3. The van der Waals surface area contributed by atoms with Gasteiger partial charge in [-0.25, -0.2) is 0 Å². The van der Waals surface area contributed by atoms with Crippen LogP contribution in [0.2, 0.25) is 0 Å². The molecule has 3 heterocycles. The highest BCUT2D eigenvalue weighted by molar-refractivity contribution is 7.19. The normalized spacial score (nSPS) is 13.5. The second-order valence-corrected chi connectivity index (χ2v) is 10.3. The van der Waals surface area contributed by atoms with E-state index < -0.39 is 11.6 Å². The number of benzene rings is 1. The Morgan fingerprint density at radius 2 is 2.00 bits per heavy atom. The van der Waals surface area contributed by atoms with Gasteiger partial charge in [-0.2, -0.15) is 0 Å². The summed E-state index contributed by atoms with van der Waals surface area (Å²) in [5.74, 6) is -0.354. The summed E-state index contributed by atoms with van der Waals surface area (Å²) in [4.78, 5) is 27.8. The minimum Gasteiger partial charge on any atom is -0.849 e. The summed E-state index contributed by atoms with van der Waals surface area (Å²) in [6.07, 6.45) is -0.306. The lowest BCUT2D eigenvalue weighted by atomic mass is 9.92. The highest BCUT2D eigenvalue weighted by Crippen LogP contribution is 2.40. The Morgan fingerprint density at radius 3 is 2.62 bits per heavy atom. The number of aliphatic carboxylic acids is 1. The molecule has 1 aliphatic heterocycles. The number of hydrogen-bond acceptors (Lipinski definition) is 7. The Bertz CT molecular complexity index is 1320. The lowest BCUT2D eigenvalue weighted by Gasteiger charge is -2.41. The van der Waals surface area contributed by atoms with E-state index in [1.54, 1.807) is 27.0 Å². The van der Waals surface area contributed by atoms with Crippen molar-refractivity contribution in [1.29, 1.82) is 0 Å². The molecule has 0 fully saturated rings. The van der Waals surface area contributed by atoms with Crippen LogP contribution in [0.25, 0.3) is 21.6 Å². The van der Waals surface area contributed by atoms with Crippen molar-refractivity contribution in [2.75, 3.05) is 30.3 Å². The number of thiophene rings is 1. The fourth-order valence-corrected chi connectivity index (χ4v) is 5.39. The first-order valence-electron chi connectivity index (χ1n) is 11.0. The van der Waals surface area contributed by atoms with Crippen LogP contribution in [-0.4, -0.2) is 40.9 Å². The average molecular weight is 483 g/mol. The molecule has 0 saturated heterocycles. The standard InChI is InChI=1S/C25H28N3O5S/c1-14-22(15-5-6-18-16(11-15)28(9-10-33-18)13-25(2,3)32)17(12-21(29)30)27(4)24(31)23(14)19-7-8-20(26)34-19/h5-8,11H,9-10,12-13,26H2,1-4H3,(H,29,30)/q-1. The third kappa shape index (κ3) is 4.53. The Balaban J connectivity index is 1.97. The molecule has 0 amide bonds. The summed E-state index contributed by atoms with van der Waals surface area (Å²) in [6, 6.07) is 9.19. The van der Waals surface area contributed by atoms with E-state index in [4.69, 9.17) is 10.5 Å². The Morgan fingerprint density at radius 1 is 1.26 bits per heavy atom. The molecule has 2 aromatic heterocycles. The van der Waals surface area contributed by atoms with Gasteiger partial charge in [-0.15, -0.1) is 16.9 Å². The minimum absolute atomic E-state index is 0.268. The van der Waals surface area contributed by atoms with Gasteiger partial charge in [-0.05, 0) is 42.3 Å². The van der Waals surface area contributed by atoms with Gasteiger partial charge in [-0.1, -0.05) is 19.9 Å². The van der Waals surface area contributed by atoms with Crippen molar-refractivity contribution in [2.45, 2.75) is 32.8 Å². The Kier molecular flexibility index (Phi) is 6.18. The van der Waals surface area contributed by atoms with E-state index in [1.165, 1.54) is 15.9 Å². The number of nitrogens with zero attached hydrogens (tertiary/aromatic N) is 2. The second kappa shape index (κ2) is 8.81. The molecule has 1 aliphatic rings. The highest BCUT2D eigenvalue weighted by atomic mass is 32.1. The van der Waals surface area contributed by atoms with E-state index in [-0.39, 0.29) is 12.0 Å². The van der Waals surface area contributed by atoms with Gasteiger partial charge in [0.25, 0.3) is 5.56 Å². The summed E-state index contributed by atoms with van der Waals surface area (Å²) >= 11 is 1.32. The second-order valence-electron chi connectivity index (χ2n) is 9.17. The molecule has 0 aliphatic carbocycles. The van der Waals surface area contributed by atoms with E-state index in [0.29, 0.717) is 52.8 Å². The topological polar surface area (TPSA) is 121 Å². The number of nitrogen functional groups attached to an aromatic ring is 1. The average Bonchev–Trinajstić information content (AvgIpc) is 3.16. The van der Waals surface area contributed by atoms with Crippen LogP contribution >= 0.6 is 11.3 Å². The van der Waals surface area contributed by atoms with Crippen molar-refractivity contribution in [2.24, 2.45) is 7.05 Å². The van der Waals surface area contributed by atoms with Crippen LogP contribution in [0.1, 0.15) is 25.1 Å². The molecular formula is C25H28N3O5S-. The van der Waals surface area contributed by atoms with Crippen molar-refractivity contribution < 1.29 is 19.7 Å². The van der Waals surface area contributed by atoms with Gasteiger partial charge in [0.1, 0.15) is 12.4 Å². The van der Waals surface area contributed by atoms with Crippen LogP contribution in [0.4, 0.5) is 10.7 Å². The molecule has 9 heteroatoms. The SMILES string of the molecule is Cc1c(-c2ccc3c(c2)N(CC(C)(C)[O-])CCO3)c(CC(=O)O)n(C)c(=O)c1-c1ccc(N)s1. The molecule has 0 saturated carbocycles. The molecule has 3 N–H and O–H groups in total. The number of hydrogen-bond donors (Lipinski definition) is 2. The van der Waals surface area contributed by atoms with Gasteiger partial charge in [0, 0.05) is 29.7 Å². The largest absolute Gasteiger partial charge is 0.849 e. The first-order chi connectivity index (χ1) is 16.0. The fourth-order valence-electron chi connectivity index (χ4n) is 4.52. The van der Waals surface area contributed by atoms with Crippen LogP contribution in [-0.2, 0) is 18.3 Å². The summed E-state index contributed by atoms with van der Waals surface area (Å²) < 4.78 is 7.23. The van der Waals surface area contributed by atoms with E-state index >= 15 is 0 Å². The van der Waals surface area contributed by atoms with Crippen molar-refractivity contribution in [3.05, 3.63) is 51.9 Å². The maximum Gasteiger partial charge on any atom is 0.309 e. The van der Waals surface area contributed by atoms with Crippen molar-refractivity contribution in [3.63, 3.8) is 0 Å². The Hall–Kier alpha value is -3.30. The highest BCUT2D eigenvalue weighted by Gasteiger charge is 2.25. The lowest BCUT2D eigenvalue weighted by molar-refractivity contribution is -0.461. The molecule has 0 unspecified atom stereocenters. The van der Waals surface area contributed by atoms with Crippen LogP contribution in [0.3, 0.4) is 0 Å². The number of nitrogens with two attached hydrogens (primary N) is 1. The fraction of sp³-hybridized carbons (Fsp3) is 0.360. The van der Waals surface area contributed by atoms with Gasteiger partial charge in [0.2, 0.25) is 0 Å². The number of fused-ring (bicyclic) bond motifs is 1. The number of rotatable bonds is 6. The number of carboxylic acids is 1. The number of pyridine rings is 1.